The predicted octanol–water partition coefficient (Wildman–Crippen LogP) is 0.0145. The summed E-state index contributed by atoms with van der Waals surface area (Å²) >= 11 is 4.93. The van der Waals surface area contributed by atoms with Crippen LogP contribution in [0.1, 0.15) is 32.6 Å². The van der Waals surface area contributed by atoms with Gasteiger partial charge in [0.05, 0.1) is 10.5 Å². The van der Waals surface area contributed by atoms with E-state index in [1.165, 1.54) is 0 Å². The van der Waals surface area contributed by atoms with Gasteiger partial charge in [-0.3, -0.25) is 0 Å². The van der Waals surface area contributed by atoms with Crippen LogP contribution in [0.5, 0.6) is 0 Å². The first-order valence-corrected chi connectivity index (χ1v) is 6.82. The van der Waals surface area contributed by atoms with Crippen LogP contribution in [0.3, 0.4) is 0 Å². The molecule has 0 amide bonds. The van der Waals surface area contributed by atoms with Crippen molar-refractivity contribution in [2.45, 2.75) is 38.1 Å². The van der Waals surface area contributed by atoms with Crippen LogP contribution in [0.4, 0.5) is 0 Å². The van der Waals surface area contributed by atoms with E-state index in [0.717, 1.165) is 12.8 Å². The fraction of sp³-hybridized carbons (Fsp3) is 0.875. The van der Waals surface area contributed by atoms with Gasteiger partial charge in [-0.15, -0.1) is 0 Å². The van der Waals surface area contributed by atoms with E-state index in [4.69, 9.17) is 23.1 Å². The number of nitrogens with one attached hydrogen (secondary N) is 1. The molecule has 0 aromatic heterocycles. The quantitative estimate of drug-likeness (QED) is 0.616. The van der Waals surface area contributed by atoms with Crippen LogP contribution in [-0.4, -0.2) is 18.9 Å². The molecule has 0 heterocycles. The summed E-state index contributed by atoms with van der Waals surface area (Å²) in [5.74, 6) is 0.578. The highest BCUT2D eigenvalue weighted by Gasteiger charge is 2.39. The summed E-state index contributed by atoms with van der Waals surface area (Å²) in [5, 5.41) is 4.97. The summed E-state index contributed by atoms with van der Waals surface area (Å²) in [7, 11) is -3.76. The van der Waals surface area contributed by atoms with E-state index in [1.807, 2.05) is 0 Å². The Morgan fingerprint density at radius 1 is 1.47 bits per heavy atom. The largest absolute Gasteiger partial charge is 0.392 e. The van der Waals surface area contributed by atoms with Crippen molar-refractivity contribution < 1.29 is 8.42 Å². The first-order valence-electron chi connectivity index (χ1n) is 4.87. The standard InChI is InChI=1S/C8H17N3O2S2/c1-6-2-4-8(5-3-6,7(9)14)11-15(10,12)13/h6,11H,2-5H2,1H3,(H2,9,14)(H2,10,12,13). The minimum atomic E-state index is -3.76. The van der Waals surface area contributed by atoms with Crippen LogP contribution in [-0.2, 0) is 10.2 Å². The highest BCUT2D eigenvalue weighted by atomic mass is 32.2. The van der Waals surface area contributed by atoms with E-state index in [9.17, 15) is 8.42 Å². The minimum absolute atomic E-state index is 0.184. The van der Waals surface area contributed by atoms with Crippen molar-refractivity contribution >= 4 is 27.4 Å². The van der Waals surface area contributed by atoms with Crippen molar-refractivity contribution in [2.24, 2.45) is 16.8 Å². The minimum Gasteiger partial charge on any atom is -0.392 e. The van der Waals surface area contributed by atoms with Gasteiger partial charge in [0.25, 0.3) is 10.2 Å². The molecule has 0 atom stereocenters. The van der Waals surface area contributed by atoms with Crippen molar-refractivity contribution in [1.29, 1.82) is 0 Å². The smallest absolute Gasteiger partial charge is 0.275 e. The lowest BCUT2D eigenvalue weighted by molar-refractivity contribution is 0.289. The third-order valence-corrected chi connectivity index (χ3v) is 4.00. The maximum atomic E-state index is 11.0. The molecular weight excluding hydrogens is 234 g/mol. The molecule has 0 aliphatic heterocycles. The summed E-state index contributed by atoms with van der Waals surface area (Å²) in [4.78, 5) is 0.184. The summed E-state index contributed by atoms with van der Waals surface area (Å²) in [6, 6.07) is 0. The van der Waals surface area contributed by atoms with Crippen LogP contribution < -0.4 is 15.6 Å². The number of hydrogen-bond donors (Lipinski definition) is 3. The fourth-order valence-electron chi connectivity index (χ4n) is 1.93. The van der Waals surface area contributed by atoms with Gasteiger partial charge in [-0.25, -0.2) is 5.14 Å². The van der Waals surface area contributed by atoms with Crippen LogP contribution in [0.15, 0.2) is 0 Å². The lowest BCUT2D eigenvalue weighted by atomic mass is 9.78. The van der Waals surface area contributed by atoms with Gasteiger partial charge in [0, 0.05) is 0 Å². The van der Waals surface area contributed by atoms with Crippen LogP contribution in [0.2, 0.25) is 0 Å². The Labute approximate surface area is 95.8 Å². The second-order valence-electron chi connectivity index (χ2n) is 4.28. The van der Waals surface area contributed by atoms with Gasteiger partial charge in [0.1, 0.15) is 0 Å². The normalized spacial score (nSPS) is 32.5. The summed E-state index contributed by atoms with van der Waals surface area (Å²) in [6.07, 6.45) is 3.06. The lowest BCUT2D eigenvalue weighted by Gasteiger charge is -2.38. The summed E-state index contributed by atoms with van der Waals surface area (Å²) in [6.45, 7) is 2.13. The predicted molar refractivity (Wildman–Crippen MR) is 63.4 cm³/mol. The van der Waals surface area contributed by atoms with Crippen LogP contribution in [0.25, 0.3) is 0 Å². The molecule has 1 aliphatic rings. The van der Waals surface area contributed by atoms with Gasteiger partial charge in [0.2, 0.25) is 0 Å². The van der Waals surface area contributed by atoms with Crippen molar-refractivity contribution in [1.82, 2.24) is 4.72 Å². The van der Waals surface area contributed by atoms with E-state index in [2.05, 4.69) is 11.6 Å². The first-order chi connectivity index (χ1) is 6.75. The average Bonchev–Trinajstić information content (AvgIpc) is 2.06. The number of nitrogens with two attached hydrogens (primary N) is 2. The SMILES string of the molecule is CC1CCC(NS(N)(=O)=O)(C(N)=S)CC1. The molecule has 1 saturated carbocycles. The Hall–Kier alpha value is -0.240. The second-order valence-corrected chi connectivity index (χ2v) is 6.01. The molecule has 15 heavy (non-hydrogen) atoms. The molecule has 7 heteroatoms. The zero-order chi connectivity index (χ0) is 11.7. The molecule has 0 bridgehead atoms. The third kappa shape index (κ3) is 3.37. The monoisotopic (exact) mass is 251 g/mol. The Balaban J connectivity index is 2.86. The van der Waals surface area contributed by atoms with E-state index < -0.39 is 15.7 Å². The highest BCUT2D eigenvalue weighted by molar-refractivity contribution is 7.87. The molecule has 1 aliphatic carbocycles. The van der Waals surface area contributed by atoms with Crippen molar-refractivity contribution in [3.05, 3.63) is 0 Å². The molecule has 5 N–H and O–H groups in total. The van der Waals surface area contributed by atoms with Gasteiger partial charge < -0.3 is 5.73 Å². The molecule has 88 valence electrons. The van der Waals surface area contributed by atoms with E-state index in [-0.39, 0.29) is 4.99 Å². The molecule has 5 nitrogen and oxygen atoms in total. The lowest BCUT2D eigenvalue weighted by Crippen LogP contribution is -2.59. The Morgan fingerprint density at radius 2 is 1.93 bits per heavy atom. The first kappa shape index (κ1) is 12.8. The number of rotatable bonds is 3. The van der Waals surface area contributed by atoms with Gasteiger partial charge in [-0.2, -0.15) is 13.1 Å². The maximum absolute atomic E-state index is 11.0. The zero-order valence-corrected chi connectivity index (χ0v) is 10.3. The molecule has 1 fully saturated rings. The van der Waals surface area contributed by atoms with Gasteiger partial charge in [-0.1, -0.05) is 19.1 Å². The average molecular weight is 251 g/mol. The van der Waals surface area contributed by atoms with Crippen LogP contribution >= 0.6 is 12.2 Å². The number of thiocarbonyl (C=S) groups is 1. The molecule has 0 aromatic carbocycles. The Kier molecular flexibility index (Phi) is 3.70. The molecule has 0 unspecified atom stereocenters. The van der Waals surface area contributed by atoms with Crippen molar-refractivity contribution in [2.75, 3.05) is 0 Å². The molecule has 0 spiro atoms. The third-order valence-electron chi connectivity index (χ3n) is 2.94. The maximum Gasteiger partial charge on any atom is 0.275 e. The van der Waals surface area contributed by atoms with Gasteiger partial charge in [0.15, 0.2) is 0 Å². The topological polar surface area (TPSA) is 98.2 Å². The Morgan fingerprint density at radius 3 is 2.27 bits per heavy atom. The molecular formula is C8H17N3O2S2. The molecule has 0 saturated heterocycles. The zero-order valence-electron chi connectivity index (χ0n) is 8.69. The van der Waals surface area contributed by atoms with Gasteiger partial charge >= 0.3 is 0 Å². The van der Waals surface area contributed by atoms with Gasteiger partial charge in [-0.05, 0) is 31.6 Å². The summed E-state index contributed by atoms with van der Waals surface area (Å²) in [5.41, 5.74) is 4.79. The van der Waals surface area contributed by atoms with E-state index >= 15 is 0 Å². The molecule has 0 aromatic rings. The molecule has 0 radical (unpaired) electrons. The second kappa shape index (κ2) is 4.32. The fourth-order valence-corrected chi connectivity index (χ4v) is 3.10. The van der Waals surface area contributed by atoms with E-state index in [1.54, 1.807) is 0 Å². The van der Waals surface area contributed by atoms with Crippen molar-refractivity contribution in [3.63, 3.8) is 0 Å². The summed E-state index contributed by atoms with van der Waals surface area (Å²) < 4.78 is 24.5. The highest BCUT2D eigenvalue weighted by Crippen LogP contribution is 2.32. The van der Waals surface area contributed by atoms with Crippen LogP contribution in [0, 0.1) is 5.92 Å². The molecule has 1 rings (SSSR count). The Bertz CT molecular complexity index is 345. The number of hydrogen-bond acceptors (Lipinski definition) is 3. The van der Waals surface area contributed by atoms with E-state index in [0.29, 0.717) is 18.8 Å². The van der Waals surface area contributed by atoms with Crippen molar-refractivity contribution in [3.8, 4) is 0 Å².